The SMILES string of the molecule is C[C@H]1[C@H](NC(=O)c2ccc(Oc3ncco3)s2)C2CCN1CC2. The number of thiophene rings is 1. The summed E-state index contributed by atoms with van der Waals surface area (Å²) in [6.45, 7) is 4.53. The van der Waals surface area contributed by atoms with Gasteiger partial charge in [-0.3, -0.25) is 9.69 Å². The van der Waals surface area contributed by atoms with E-state index in [1.165, 1.54) is 36.6 Å². The van der Waals surface area contributed by atoms with Crippen LogP contribution in [0.3, 0.4) is 0 Å². The Kier molecular flexibility index (Phi) is 3.82. The average molecular weight is 333 g/mol. The number of nitrogens with one attached hydrogen (secondary N) is 1. The second-order valence-electron chi connectivity index (χ2n) is 6.13. The summed E-state index contributed by atoms with van der Waals surface area (Å²) in [6.07, 6.45) is 5.51. The predicted octanol–water partition coefficient (Wildman–Crippen LogP) is 2.74. The molecule has 2 aromatic rings. The summed E-state index contributed by atoms with van der Waals surface area (Å²) in [4.78, 5) is 19.6. The fraction of sp³-hybridized carbons (Fsp3) is 0.500. The predicted molar refractivity (Wildman–Crippen MR) is 85.9 cm³/mol. The molecule has 0 saturated carbocycles. The Hall–Kier alpha value is -1.86. The number of ether oxygens (including phenoxy) is 1. The monoisotopic (exact) mass is 333 g/mol. The Morgan fingerprint density at radius 3 is 2.96 bits per heavy atom. The van der Waals surface area contributed by atoms with Gasteiger partial charge in [-0.25, -0.2) is 0 Å². The van der Waals surface area contributed by atoms with Crippen LogP contribution in [-0.4, -0.2) is 41.0 Å². The molecule has 3 aliphatic heterocycles. The topological polar surface area (TPSA) is 67.6 Å². The van der Waals surface area contributed by atoms with Gasteiger partial charge in [0.1, 0.15) is 6.26 Å². The molecule has 5 heterocycles. The van der Waals surface area contributed by atoms with Gasteiger partial charge in [-0.05, 0) is 50.9 Å². The smallest absolute Gasteiger partial charge is 0.399 e. The molecule has 122 valence electrons. The number of hydrogen-bond acceptors (Lipinski definition) is 6. The minimum absolute atomic E-state index is 0.0251. The lowest BCUT2D eigenvalue weighted by Crippen LogP contribution is -2.62. The molecule has 2 aromatic heterocycles. The Balaban J connectivity index is 1.42. The summed E-state index contributed by atoms with van der Waals surface area (Å²) in [7, 11) is 0. The molecule has 1 amide bonds. The van der Waals surface area contributed by atoms with Gasteiger partial charge in [0.25, 0.3) is 5.91 Å². The number of aromatic nitrogens is 1. The number of carbonyl (C=O) groups is 1. The molecule has 7 heteroatoms. The van der Waals surface area contributed by atoms with Crippen molar-refractivity contribution in [1.82, 2.24) is 15.2 Å². The van der Waals surface area contributed by atoms with Crippen LogP contribution in [-0.2, 0) is 0 Å². The largest absolute Gasteiger partial charge is 0.417 e. The average Bonchev–Trinajstić information content (AvgIpc) is 3.23. The third-order valence-electron chi connectivity index (χ3n) is 4.88. The highest BCUT2D eigenvalue weighted by Gasteiger charge is 2.40. The molecule has 0 aromatic carbocycles. The minimum atomic E-state index is -0.0251. The van der Waals surface area contributed by atoms with Crippen LogP contribution in [0.4, 0.5) is 0 Å². The van der Waals surface area contributed by atoms with Gasteiger partial charge in [0.15, 0.2) is 5.06 Å². The molecular formula is C16H19N3O3S. The number of piperidine rings is 3. The second-order valence-corrected chi connectivity index (χ2v) is 7.18. The van der Waals surface area contributed by atoms with Crippen LogP contribution in [0.25, 0.3) is 0 Å². The Bertz CT molecular complexity index is 675. The maximum absolute atomic E-state index is 12.5. The molecule has 0 unspecified atom stereocenters. The zero-order valence-electron chi connectivity index (χ0n) is 12.9. The number of oxazole rings is 1. The standard InChI is InChI=1S/C16H19N3O3S/c1-10-14(11-4-7-19(10)8-5-11)18-15(20)12-2-3-13(23-12)22-16-17-6-9-21-16/h2-3,6,9-11,14H,4-5,7-8H2,1H3,(H,18,20)/t10-,14-/m0/s1. The Morgan fingerprint density at radius 2 is 2.26 bits per heavy atom. The molecule has 6 nitrogen and oxygen atoms in total. The van der Waals surface area contributed by atoms with Crippen molar-refractivity contribution in [3.8, 4) is 11.1 Å². The fourth-order valence-corrected chi connectivity index (χ4v) is 4.37. The Morgan fingerprint density at radius 1 is 1.43 bits per heavy atom. The minimum Gasteiger partial charge on any atom is -0.417 e. The van der Waals surface area contributed by atoms with E-state index in [0.717, 1.165) is 13.1 Å². The summed E-state index contributed by atoms with van der Waals surface area (Å²) in [6, 6.07) is 4.20. The van der Waals surface area contributed by atoms with Gasteiger partial charge < -0.3 is 14.5 Å². The molecule has 1 N–H and O–H groups in total. The summed E-state index contributed by atoms with van der Waals surface area (Å²) >= 11 is 1.30. The zero-order chi connectivity index (χ0) is 15.8. The van der Waals surface area contributed by atoms with Gasteiger partial charge in [-0.15, -0.1) is 0 Å². The molecule has 5 rings (SSSR count). The highest BCUT2D eigenvalue weighted by Crippen LogP contribution is 2.33. The number of amides is 1. The number of carbonyl (C=O) groups excluding carboxylic acids is 1. The molecule has 3 fully saturated rings. The van der Waals surface area contributed by atoms with E-state index in [9.17, 15) is 4.79 Å². The molecule has 2 atom stereocenters. The van der Waals surface area contributed by atoms with Gasteiger partial charge in [0.05, 0.1) is 11.1 Å². The van der Waals surface area contributed by atoms with Crippen molar-refractivity contribution in [2.24, 2.45) is 5.92 Å². The lowest BCUT2D eigenvalue weighted by atomic mass is 9.79. The summed E-state index contributed by atoms with van der Waals surface area (Å²) in [5.74, 6) is 0.574. The van der Waals surface area contributed by atoms with E-state index in [4.69, 9.17) is 9.15 Å². The van der Waals surface area contributed by atoms with E-state index in [2.05, 4.69) is 22.1 Å². The third-order valence-corrected chi connectivity index (χ3v) is 5.84. The maximum Gasteiger partial charge on any atom is 0.399 e. The van der Waals surface area contributed by atoms with Crippen LogP contribution in [0.5, 0.6) is 11.1 Å². The van der Waals surface area contributed by atoms with Crippen molar-refractivity contribution >= 4 is 17.2 Å². The molecular weight excluding hydrogens is 314 g/mol. The lowest BCUT2D eigenvalue weighted by Gasteiger charge is -2.49. The molecule has 0 radical (unpaired) electrons. The van der Waals surface area contributed by atoms with Crippen LogP contribution >= 0.6 is 11.3 Å². The highest BCUT2D eigenvalue weighted by atomic mass is 32.1. The second kappa shape index (κ2) is 5.98. The first-order chi connectivity index (χ1) is 11.2. The summed E-state index contributed by atoms with van der Waals surface area (Å²) in [5.41, 5.74) is 0. The molecule has 3 aliphatic rings. The van der Waals surface area contributed by atoms with Crippen molar-refractivity contribution in [2.75, 3.05) is 13.1 Å². The van der Waals surface area contributed by atoms with E-state index in [1.54, 1.807) is 12.1 Å². The van der Waals surface area contributed by atoms with Gasteiger partial charge >= 0.3 is 6.08 Å². The van der Waals surface area contributed by atoms with Crippen molar-refractivity contribution in [3.63, 3.8) is 0 Å². The summed E-state index contributed by atoms with van der Waals surface area (Å²) in [5, 5.41) is 3.82. The highest BCUT2D eigenvalue weighted by molar-refractivity contribution is 7.15. The van der Waals surface area contributed by atoms with E-state index < -0.39 is 0 Å². The van der Waals surface area contributed by atoms with Crippen molar-refractivity contribution < 1.29 is 13.9 Å². The van der Waals surface area contributed by atoms with Crippen LogP contribution in [0.1, 0.15) is 29.4 Å². The fourth-order valence-electron chi connectivity index (χ4n) is 3.61. The third kappa shape index (κ3) is 2.86. The number of rotatable bonds is 4. The number of hydrogen-bond donors (Lipinski definition) is 1. The van der Waals surface area contributed by atoms with Crippen LogP contribution in [0, 0.1) is 5.92 Å². The van der Waals surface area contributed by atoms with E-state index >= 15 is 0 Å². The number of fused-ring (bicyclic) bond motifs is 3. The first kappa shape index (κ1) is 14.7. The van der Waals surface area contributed by atoms with E-state index in [1.807, 2.05) is 0 Å². The Labute approximate surface area is 138 Å². The normalized spacial score (nSPS) is 29.4. The maximum atomic E-state index is 12.5. The molecule has 0 aliphatic carbocycles. The molecule has 0 spiro atoms. The van der Waals surface area contributed by atoms with E-state index in [-0.39, 0.29) is 18.0 Å². The van der Waals surface area contributed by atoms with Crippen molar-refractivity contribution in [3.05, 3.63) is 29.5 Å². The zero-order valence-corrected chi connectivity index (χ0v) is 13.7. The van der Waals surface area contributed by atoms with Crippen molar-refractivity contribution in [2.45, 2.75) is 31.8 Å². The molecule has 2 bridgehead atoms. The van der Waals surface area contributed by atoms with Gasteiger partial charge in [0, 0.05) is 12.1 Å². The van der Waals surface area contributed by atoms with Crippen LogP contribution in [0.2, 0.25) is 0 Å². The van der Waals surface area contributed by atoms with E-state index in [0.29, 0.717) is 21.9 Å². The van der Waals surface area contributed by atoms with Gasteiger partial charge in [-0.2, -0.15) is 4.98 Å². The first-order valence-corrected chi connectivity index (χ1v) is 8.74. The quantitative estimate of drug-likeness (QED) is 0.932. The van der Waals surface area contributed by atoms with Crippen LogP contribution in [0.15, 0.2) is 29.0 Å². The molecule has 23 heavy (non-hydrogen) atoms. The van der Waals surface area contributed by atoms with Gasteiger partial charge in [-0.1, -0.05) is 11.3 Å². The lowest BCUT2D eigenvalue weighted by molar-refractivity contribution is 0.0218. The number of nitrogens with zero attached hydrogens (tertiary/aromatic N) is 2. The van der Waals surface area contributed by atoms with Gasteiger partial charge in [0.2, 0.25) is 0 Å². The summed E-state index contributed by atoms with van der Waals surface area (Å²) < 4.78 is 10.5. The van der Waals surface area contributed by atoms with Crippen molar-refractivity contribution in [1.29, 1.82) is 0 Å². The molecule has 3 saturated heterocycles. The van der Waals surface area contributed by atoms with Crippen LogP contribution < -0.4 is 10.1 Å². The first-order valence-electron chi connectivity index (χ1n) is 7.93.